The zero-order valence-corrected chi connectivity index (χ0v) is 11.7. The number of rotatable bonds is 4. The van der Waals surface area contributed by atoms with Crippen molar-refractivity contribution in [2.45, 2.75) is 20.3 Å². The van der Waals surface area contributed by atoms with E-state index in [1.165, 1.54) is 16.7 Å². The Balaban J connectivity index is 2.28. The van der Waals surface area contributed by atoms with Gasteiger partial charge in [0.25, 0.3) is 0 Å². The van der Waals surface area contributed by atoms with Gasteiger partial charge in [-0.1, -0.05) is 43.5 Å². The highest BCUT2D eigenvalue weighted by molar-refractivity contribution is 5.86. The van der Waals surface area contributed by atoms with Crippen molar-refractivity contribution in [3.05, 3.63) is 71.5 Å². The number of hydrogen-bond acceptors (Lipinski definition) is 2. The molecule has 0 aliphatic carbocycles. The maximum absolute atomic E-state index is 4.41. The summed E-state index contributed by atoms with van der Waals surface area (Å²) in [6, 6.07) is 10.5. The fourth-order valence-electron chi connectivity index (χ4n) is 2.16. The van der Waals surface area contributed by atoms with Crippen molar-refractivity contribution in [1.82, 2.24) is 5.01 Å². The third kappa shape index (κ3) is 3.22. The smallest absolute Gasteiger partial charge is 0.0634 e. The van der Waals surface area contributed by atoms with E-state index in [4.69, 9.17) is 0 Å². The Morgan fingerprint density at radius 3 is 2.47 bits per heavy atom. The van der Waals surface area contributed by atoms with Crippen LogP contribution in [0.5, 0.6) is 0 Å². The highest BCUT2D eigenvalue weighted by atomic mass is 15.5. The summed E-state index contributed by atoms with van der Waals surface area (Å²) in [5.41, 5.74) is 5.85. The van der Waals surface area contributed by atoms with Crippen LogP contribution in [-0.2, 0) is 6.42 Å². The average Bonchev–Trinajstić information content (AvgIpc) is 2.39. The molecule has 19 heavy (non-hydrogen) atoms. The van der Waals surface area contributed by atoms with Crippen LogP contribution in [0.1, 0.15) is 19.4 Å². The average molecular weight is 252 g/mol. The van der Waals surface area contributed by atoms with Gasteiger partial charge in [-0.3, -0.25) is 5.01 Å². The highest BCUT2D eigenvalue weighted by Crippen LogP contribution is 2.22. The van der Waals surface area contributed by atoms with E-state index < -0.39 is 0 Å². The van der Waals surface area contributed by atoms with E-state index in [0.29, 0.717) is 0 Å². The van der Waals surface area contributed by atoms with Gasteiger partial charge in [-0.25, -0.2) is 0 Å². The SMILES string of the molecule is C=C(C)C1=C(Cc2ccccc2)CN(C(=C)C)N=C1. The molecule has 1 aromatic rings. The second kappa shape index (κ2) is 5.70. The van der Waals surface area contributed by atoms with Gasteiger partial charge in [0.2, 0.25) is 0 Å². The molecule has 0 atom stereocenters. The highest BCUT2D eigenvalue weighted by Gasteiger charge is 2.16. The summed E-state index contributed by atoms with van der Waals surface area (Å²) < 4.78 is 0. The molecule has 0 saturated heterocycles. The van der Waals surface area contributed by atoms with Crippen LogP contribution in [0.3, 0.4) is 0 Å². The van der Waals surface area contributed by atoms with Crippen molar-refractivity contribution < 1.29 is 0 Å². The zero-order valence-electron chi connectivity index (χ0n) is 11.7. The minimum absolute atomic E-state index is 0.795. The van der Waals surface area contributed by atoms with Gasteiger partial charge in [-0.2, -0.15) is 5.10 Å². The van der Waals surface area contributed by atoms with Gasteiger partial charge in [0.1, 0.15) is 0 Å². The summed E-state index contributed by atoms with van der Waals surface area (Å²) in [7, 11) is 0. The first-order chi connectivity index (χ1) is 9.08. The van der Waals surface area contributed by atoms with E-state index in [-0.39, 0.29) is 0 Å². The van der Waals surface area contributed by atoms with Gasteiger partial charge in [0, 0.05) is 5.70 Å². The molecule has 1 aromatic carbocycles. The lowest BCUT2D eigenvalue weighted by Crippen LogP contribution is -2.24. The monoisotopic (exact) mass is 252 g/mol. The summed E-state index contributed by atoms with van der Waals surface area (Å²) in [6.45, 7) is 12.8. The zero-order chi connectivity index (χ0) is 13.8. The van der Waals surface area contributed by atoms with Crippen molar-refractivity contribution >= 4 is 6.21 Å². The molecule has 1 aliphatic heterocycles. The molecule has 1 aliphatic rings. The second-order valence-electron chi connectivity index (χ2n) is 5.00. The second-order valence-corrected chi connectivity index (χ2v) is 5.00. The predicted molar refractivity (Wildman–Crippen MR) is 82.0 cm³/mol. The summed E-state index contributed by atoms with van der Waals surface area (Å²) in [6.07, 6.45) is 2.83. The fourth-order valence-corrected chi connectivity index (χ4v) is 2.16. The molecule has 98 valence electrons. The Hall–Kier alpha value is -2.09. The van der Waals surface area contributed by atoms with Crippen LogP contribution < -0.4 is 0 Å². The van der Waals surface area contributed by atoms with Gasteiger partial charge in [0.05, 0.1) is 12.8 Å². The van der Waals surface area contributed by atoms with Crippen LogP contribution in [-0.4, -0.2) is 17.8 Å². The lowest BCUT2D eigenvalue weighted by molar-refractivity contribution is 0.391. The predicted octanol–water partition coefficient (Wildman–Crippen LogP) is 3.94. The standard InChI is InChI=1S/C17H20N2/c1-13(2)17-11-18-19(14(3)4)12-16(17)10-15-8-6-5-7-9-15/h5-9,11H,1,3,10,12H2,2,4H3. The molecular weight excluding hydrogens is 232 g/mol. The number of nitrogens with zero attached hydrogens (tertiary/aromatic N) is 2. The molecule has 2 rings (SSSR count). The molecule has 0 N–H and O–H groups in total. The molecule has 0 fully saturated rings. The third-order valence-corrected chi connectivity index (χ3v) is 3.21. The molecule has 0 spiro atoms. The molecule has 0 unspecified atom stereocenters. The van der Waals surface area contributed by atoms with Gasteiger partial charge in [-0.15, -0.1) is 0 Å². The molecular formula is C17H20N2. The van der Waals surface area contributed by atoms with Crippen LogP contribution in [0.15, 0.2) is 71.0 Å². The minimum atomic E-state index is 0.795. The summed E-state index contributed by atoms with van der Waals surface area (Å²) >= 11 is 0. The molecule has 0 amide bonds. The Morgan fingerprint density at radius 2 is 1.89 bits per heavy atom. The van der Waals surface area contributed by atoms with Crippen molar-refractivity contribution in [2.75, 3.05) is 6.54 Å². The Labute approximate surface area is 115 Å². The minimum Gasteiger partial charge on any atom is -0.266 e. The maximum Gasteiger partial charge on any atom is 0.0634 e. The Kier molecular flexibility index (Phi) is 4.00. The van der Waals surface area contributed by atoms with E-state index in [0.717, 1.165) is 24.2 Å². The van der Waals surface area contributed by atoms with Crippen molar-refractivity contribution in [3.8, 4) is 0 Å². The molecule has 1 heterocycles. The number of hydrazone groups is 1. The normalized spacial score (nSPS) is 14.7. The molecule has 2 heteroatoms. The lowest BCUT2D eigenvalue weighted by Gasteiger charge is -2.26. The molecule has 2 nitrogen and oxygen atoms in total. The van der Waals surface area contributed by atoms with E-state index in [1.807, 2.05) is 31.1 Å². The summed E-state index contributed by atoms with van der Waals surface area (Å²) in [5.74, 6) is 0. The topological polar surface area (TPSA) is 15.6 Å². The van der Waals surface area contributed by atoms with Gasteiger partial charge in [0.15, 0.2) is 0 Å². The quantitative estimate of drug-likeness (QED) is 0.792. The molecule has 0 bridgehead atoms. The first-order valence-electron chi connectivity index (χ1n) is 6.47. The molecule has 0 radical (unpaired) electrons. The fraction of sp³-hybridized carbons (Fsp3) is 0.235. The summed E-state index contributed by atoms with van der Waals surface area (Å²) in [4.78, 5) is 0. The van der Waals surface area contributed by atoms with Crippen LogP contribution >= 0.6 is 0 Å². The first-order valence-corrected chi connectivity index (χ1v) is 6.47. The Bertz CT molecular complexity index is 550. The first kappa shape index (κ1) is 13.3. The van der Waals surface area contributed by atoms with Crippen molar-refractivity contribution in [2.24, 2.45) is 5.10 Å². The lowest BCUT2D eigenvalue weighted by atomic mass is 9.95. The number of hydrogen-bond donors (Lipinski definition) is 0. The van der Waals surface area contributed by atoms with Crippen molar-refractivity contribution in [1.29, 1.82) is 0 Å². The Morgan fingerprint density at radius 1 is 1.21 bits per heavy atom. The van der Waals surface area contributed by atoms with Crippen LogP contribution in [0.4, 0.5) is 0 Å². The number of allylic oxidation sites excluding steroid dienone is 3. The number of benzene rings is 1. The van der Waals surface area contributed by atoms with Crippen LogP contribution in [0.2, 0.25) is 0 Å². The third-order valence-electron chi connectivity index (χ3n) is 3.21. The van der Waals surface area contributed by atoms with E-state index >= 15 is 0 Å². The van der Waals surface area contributed by atoms with Crippen LogP contribution in [0.25, 0.3) is 0 Å². The molecule has 0 saturated carbocycles. The van der Waals surface area contributed by atoms with E-state index in [1.54, 1.807) is 0 Å². The largest absolute Gasteiger partial charge is 0.266 e. The van der Waals surface area contributed by atoms with Crippen LogP contribution in [0, 0.1) is 0 Å². The van der Waals surface area contributed by atoms with E-state index in [9.17, 15) is 0 Å². The van der Waals surface area contributed by atoms with E-state index in [2.05, 4.69) is 42.5 Å². The van der Waals surface area contributed by atoms with Crippen molar-refractivity contribution in [3.63, 3.8) is 0 Å². The van der Waals surface area contributed by atoms with Gasteiger partial charge >= 0.3 is 0 Å². The van der Waals surface area contributed by atoms with Gasteiger partial charge < -0.3 is 0 Å². The molecule has 0 aromatic heterocycles. The summed E-state index contributed by atoms with van der Waals surface area (Å²) in [5, 5.41) is 6.35. The maximum atomic E-state index is 4.41. The van der Waals surface area contributed by atoms with Gasteiger partial charge in [-0.05, 0) is 42.6 Å².